The molecule has 0 aliphatic carbocycles. The predicted octanol–water partition coefficient (Wildman–Crippen LogP) is 4.59. The van der Waals surface area contributed by atoms with Gasteiger partial charge in [0.2, 0.25) is 5.69 Å². The van der Waals surface area contributed by atoms with Gasteiger partial charge in [-0.05, 0) is 26.0 Å². The molecule has 0 spiro atoms. The van der Waals surface area contributed by atoms with Gasteiger partial charge < -0.3 is 4.74 Å². The summed E-state index contributed by atoms with van der Waals surface area (Å²) in [7, 11) is 0. The van der Waals surface area contributed by atoms with Crippen molar-refractivity contribution in [1.82, 2.24) is 9.78 Å². The van der Waals surface area contributed by atoms with Crippen LogP contribution in [-0.2, 0) is 10.9 Å². The maximum atomic E-state index is 12.9. The van der Waals surface area contributed by atoms with Gasteiger partial charge in [-0.2, -0.15) is 18.3 Å². The van der Waals surface area contributed by atoms with Crippen LogP contribution in [0.5, 0.6) is 0 Å². The van der Waals surface area contributed by atoms with Gasteiger partial charge in [-0.15, -0.1) is 0 Å². The fourth-order valence-electron chi connectivity index (χ4n) is 2.21. The van der Waals surface area contributed by atoms with Crippen LogP contribution in [0.1, 0.15) is 28.7 Å². The van der Waals surface area contributed by atoms with E-state index in [1.165, 1.54) is 13.8 Å². The molecule has 0 saturated heterocycles. The SMILES string of the molecule is CCOC(=O)c1c([N+](=O)[O-])c(C)nn1-c1c(Cl)cc(C(F)(F)F)cc1Cl. The van der Waals surface area contributed by atoms with Crippen molar-refractivity contribution in [2.75, 3.05) is 6.61 Å². The van der Waals surface area contributed by atoms with Gasteiger partial charge in [-0.1, -0.05) is 23.2 Å². The number of ether oxygens (including phenoxy) is 1. The Morgan fingerprint density at radius 3 is 2.31 bits per heavy atom. The average Bonchev–Trinajstić information content (AvgIpc) is 2.83. The van der Waals surface area contributed by atoms with Crippen molar-refractivity contribution < 1.29 is 27.6 Å². The first-order valence-electron chi connectivity index (χ1n) is 6.96. The van der Waals surface area contributed by atoms with Crippen LogP contribution in [0, 0.1) is 17.0 Å². The summed E-state index contributed by atoms with van der Waals surface area (Å²) in [5.41, 5.74) is -2.84. The second-order valence-corrected chi connectivity index (χ2v) is 5.77. The number of benzene rings is 1. The Morgan fingerprint density at radius 2 is 1.88 bits per heavy atom. The molecule has 0 fully saturated rings. The Labute approximate surface area is 154 Å². The fourth-order valence-corrected chi connectivity index (χ4v) is 2.86. The highest BCUT2D eigenvalue weighted by molar-refractivity contribution is 6.38. The van der Waals surface area contributed by atoms with E-state index in [1.807, 2.05) is 0 Å². The monoisotopic (exact) mass is 411 g/mol. The first kappa shape index (κ1) is 20.0. The highest BCUT2D eigenvalue weighted by Gasteiger charge is 2.36. The van der Waals surface area contributed by atoms with Crippen molar-refractivity contribution in [2.24, 2.45) is 0 Å². The molecule has 0 aliphatic rings. The number of esters is 1. The Morgan fingerprint density at radius 1 is 1.35 bits per heavy atom. The van der Waals surface area contributed by atoms with Gasteiger partial charge in [0.25, 0.3) is 0 Å². The van der Waals surface area contributed by atoms with Crippen LogP contribution >= 0.6 is 23.2 Å². The smallest absolute Gasteiger partial charge is 0.416 e. The van der Waals surface area contributed by atoms with Crippen LogP contribution in [0.3, 0.4) is 0 Å². The lowest BCUT2D eigenvalue weighted by molar-refractivity contribution is -0.385. The first-order chi connectivity index (χ1) is 12.0. The fraction of sp³-hybridized carbons (Fsp3) is 0.286. The van der Waals surface area contributed by atoms with E-state index in [2.05, 4.69) is 5.10 Å². The van der Waals surface area contributed by atoms with Crippen LogP contribution in [0.15, 0.2) is 12.1 Å². The molecular formula is C14H10Cl2F3N3O4. The lowest BCUT2D eigenvalue weighted by atomic mass is 10.2. The number of aryl methyl sites for hydroxylation is 1. The van der Waals surface area contributed by atoms with E-state index in [1.54, 1.807) is 0 Å². The molecule has 26 heavy (non-hydrogen) atoms. The molecule has 7 nitrogen and oxygen atoms in total. The third kappa shape index (κ3) is 3.61. The molecule has 12 heteroatoms. The van der Waals surface area contributed by atoms with Crippen molar-refractivity contribution in [3.8, 4) is 5.69 Å². The molecule has 0 atom stereocenters. The zero-order chi connectivity index (χ0) is 19.8. The Kier molecular flexibility index (Phi) is 5.47. The number of hydrogen-bond acceptors (Lipinski definition) is 5. The van der Waals surface area contributed by atoms with Crippen molar-refractivity contribution in [1.29, 1.82) is 0 Å². The quantitative estimate of drug-likeness (QED) is 0.417. The van der Waals surface area contributed by atoms with Gasteiger partial charge in [0.05, 0.1) is 27.1 Å². The minimum absolute atomic E-state index is 0.0886. The second kappa shape index (κ2) is 7.12. The molecular weight excluding hydrogens is 402 g/mol. The molecule has 1 aromatic carbocycles. The van der Waals surface area contributed by atoms with Crippen molar-refractivity contribution >= 4 is 34.9 Å². The molecule has 1 heterocycles. The van der Waals surface area contributed by atoms with Crippen LogP contribution in [-0.4, -0.2) is 27.3 Å². The minimum Gasteiger partial charge on any atom is -0.461 e. The topological polar surface area (TPSA) is 87.3 Å². The minimum atomic E-state index is -4.71. The van der Waals surface area contributed by atoms with Crippen LogP contribution in [0.25, 0.3) is 5.69 Å². The molecule has 0 bridgehead atoms. The lowest BCUT2D eigenvalue weighted by Crippen LogP contribution is -2.15. The average molecular weight is 412 g/mol. The number of carbonyl (C=O) groups is 1. The Balaban J connectivity index is 2.79. The number of alkyl halides is 3. The number of nitro groups is 1. The van der Waals surface area contributed by atoms with E-state index in [-0.39, 0.29) is 18.0 Å². The van der Waals surface area contributed by atoms with Crippen LogP contribution < -0.4 is 0 Å². The third-order valence-electron chi connectivity index (χ3n) is 3.24. The van der Waals surface area contributed by atoms with Gasteiger partial charge in [-0.25, -0.2) is 9.48 Å². The van der Waals surface area contributed by atoms with E-state index >= 15 is 0 Å². The van der Waals surface area contributed by atoms with Gasteiger partial charge >= 0.3 is 17.8 Å². The lowest BCUT2D eigenvalue weighted by Gasteiger charge is -2.13. The van der Waals surface area contributed by atoms with E-state index in [9.17, 15) is 28.1 Å². The summed E-state index contributed by atoms with van der Waals surface area (Å²) in [5.74, 6) is -1.09. The third-order valence-corrected chi connectivity index (χ3v) is 3.81. The number of aromatic nitrogens is 2. The molecule has 0 amide bonds. The van der Waals surface area contributed by atoms with Gasteiger partial charge in [0, 0.05) is 0 Å². The maximum Gasteiger partial charge on any atom is 0.416 e. The molecule has 2 rings (SSSR count). The van der Waals surface area contributed by atoms with Crippen LogP contribution in [0.2, 0.25) is 10.0 Å². The second-order valence-electron chi connectivity index (χ2n) is 4.96. The van der Waals surface area contributed by atoms with Gasteiger partial charge in [0.1, 0.15) is 11.4 Å². The van der Waals surface area contributed by atoms with Gasteiger partial charge in [-0.3, -0.25) is 10.1 Å². The highest BCUT2D eigenvalue weighted by Crippen LogP contribution is 2.39. The Hall–Kier alpha value is -2.33. The van der Waals surface area contributed by atoms with E-state index in [0.29, 0.717) is 12.1 Å². The summed E-state index contributed by atoms with van der Waals surface area (Å²) in [5, 5.41) is 14.1. The normalized spacial score (nSPS) is 11.5. The molecule has 2 aromatic rings. The molecule has 0 unspecified atom stereocenters. The zero-order valence-electron chi connectivity index (χ0n) is 13.2. The summed E-state index contributed by atoms with van der Waals surface area (Å²) in [6, 6.07) is 1.17. The molecule has 0 radical (unpaired) electrons. The molecule has 1 aromatic heterocycles. The molecule has 140 valence electrons. The molecule has 0 N–H and O–H groups in total. The van der Waals surface area contributed by atoms with E-state index in [0.717, 1.165) is 4.68 Å². The van der Waals surface area contributed by atoms with Crippen molar-refractivity contribution in [3.05, 3.63) is 49.2 Å². The number of hydrogen-bond donors (Lipinski definition) is 0. The van der Waals surface area contributed by atoms with Crippen LogP contribution in [0.4, 0.5) is 18.9 Å². The molecule has 0 saturated carbocycles. The number of halogens is 5. The number of nitrogens with zero attached hydrogens (tertiary/aromatic N) is 3. The first-order valence-corrected chi connectivity index (χ1v) is 7.72. The Bertz CT molecular complexity index is 873. The van der Waals surface area contributed by atoms with E-state index < -0.39 is 44.1 Å². The predicted molar refractivity (Wildman–Crippen MR) is 85.9 cm³/mol. The number of rotatable bonds is 4. The molecule has 0 aliphatic heterocycles. The maximum absolute atomic E-state index is 12.9. The van der Waals surface area contributed by atoms with E-state index in [4.69, 9.17) is 27.9 Å². The van der Waals surface area contributed by atoms with Crippen molar-refractivity contribution in [2.45, 2.75) is 20.0 Å². The standard InChI is InChI=1S/C14H10Cl2F3N3O4/c1-3-26-13(23)12-10(22(24)25)6(2)20-21(12)11-8(15)4-7(5-9(11)16)14(17,18)19/h4-5H,3H2,1-2H3. The summed E-state index contributed by atoms with van der Waals surface area (Å²) in [6.45, 7) is 2.65. The number of carbonyl (C=O) groups excluding carboxylic acids is 1. The summed E-state index contributed by atoms with van der Waals surface area (Å²) in [4.78, 5) is 22.6. The summed E-state index contributed by atoms with van der Waals surface area (Å²) < 4.78 is 44.1. The zero-order valence-corrected chi connectivity index (χ0v) is 14.7. The summed E-state index contributed by atoms with van der Waals surface area (Å²) >= 11 is 11.8. The largest absolute Gasteiger partial charge is 0.461 e. The summed E-state index contributed by atoms with van der Waals surface area (Å²) in [6.07, 6.45) is -4.71. The van der Waals surface area contributed by atoms with Gasteiger partial charge in [0.15, 0.2) is 0 Å². The van der Waals surface area contributed by atoms with Crippen molar-refractivity contribution in [3.63, 3.8) is 0 Å². The highest BCUT2D eigenvalue weighted by atomic mass is 35.5.